The number of rotatable bonds is 6. The molecule has 0 atom stereocenters. The van der Waals surface area contributed by atoms with Gasteiger partial charge in [0.05, 0.1) is 12.5 Å². The maximum Gasteiger partial charge on any atom is 0.306 e. The lowest BCUT2D eigenvalue weighted by Gasteiger charge is -1.89. The van der Waals surface area contributed by atoms with Crippen LogP contribution in [-0.2, 0) is 25.2 Å². The van der Waals surface area contributed by atoms with Crippen molar-refractivity contribution >= 4 is 20.4 Å². The van der Waals surface area contributed by atoms with Gasteiger partial charge in [0, 0.05) is 0 Å². The predicted molar refractivity (Wildman–Crippen MR) is 49.2 cm³/mol. The van der Waals surface area contributed by atoms with E-state index in [1.807, 2.05) is 0 Å². The van der Waals surface area contributed by atoms with E-state index in [1.54, 1.807) is 0 Å². The van der Waals surface area contributed by atoms with E-state index in [9.17, 15) is 24.6 Å². The molecule has 15 heavy (non-hydrogen) atoms. The second kappa shape index (κ2) is 5.81. The molecule has 0 radical (unpaired) electrons. The Kier molecular flexibility index (Phi) is 5.44. The fourth-order valence-corrected chi connectivity index (χ4v) is 1.08. The molecule has 0 saturated carbocycles. The van der Waals surface area contributed by atoms with Crippen LogP contribution >= 0.6 is 0 Å². The minimum atomic E-state index is -4.59. The fraction of sp³-hybridized carbons (Fsp3) is 0.333. The largest absolute Gasteiger partial charge is 0.473 e. The van der Waals surface area contributed by atoms with Crippen LogP contribution in [0.5, 0.6) is 0 Å². The number of hydrogen-bond acceptors (Lipinski definition) is 5. The van der Waals surface area contributed by atoms with Crippen molar-refractivity contribution in [1.82, 2.24) is 0 Å². The molecule has 0 aromatic heterocycles. The topological polar surface area (TPSA) is 77.5 Å². The zero-order chi connectivity index (χ0) is 11.9. The number of ether oxygens (including phenoxy) is 1. The molecule has 88 valence electrons. The first-order valence-electron chi connectivity index (χ1n) is 3.51. The van der Waals surface area contributed by atoms with Crippen molar-refractivity contribution < 1.29 is 29.3 Å². The summed E-state index contributed by atoms with van der Waals surface area (Å²) in [5.41, 5.74) is 0. The average molecular weight is 262 g/mol. The second-order valence-electron chi connectivity index (χ2n) is 2.29. The Labute approximate surface area is 86.5 Å². The SMILES string of the molecule is O=S(=O)(F)CC=COC=CCS(=O)(=O)F. The standard InChI is InChI=1S/C6H8F2O5S2/c7-14(9,10)5-1-3-13-4-2-6-15(8,11)12/h1-4H,5-6H2. The van der Waals surface area contributed by atoms with Crippen LogP contribution in [0.1, 0.15) is 0 Å². The van der Waals surface area contributed by atoms with Gasteiger partial charge in [0.25, 0.3) is 0 Å². The normalized spacial score (nSPS) is 13.7. The van der Waals surface area contributed by atoms with Crippen molar-refractivity contribution in [3.8, 4) is 0 Å². The predicted octanol–water partition coefficient (Wildman–Crippen LogP) is 0.629. The Morgan fingerprint density at radius 2 is 1.20 bits per heavy atom. The fourth-order valence-electron chi connectivity index (χ4n) is 0.465. The first kappa shape index (κ1) is 14.0. The van der Waals surface area contributed by atoms with Crippen LogP contribution < -0.4 is 0 Å². The summed E-state index contributed by atoms with van der Waals surface area (Å²) in [6, 6.07) is 0. The molecule has 0 bridgehead atoms. The van der Waals surface area contributed by atoms with Gasteiger partial charge in [-0.2, -0.15) is 16.8 Å². The van der Waals surface area contributed by atoms with Gasteiger partial charge in [-0.3, -0.25) is 0 Å². The average Bonchev–Trinajstić information content (AvgIpc) is 1.98. The molecule has 0 unspecified atom stereocenters. The Hall–Kier alpha value is -0.960. The number of hydrogen-bond donors (Lipinski definition) is 0. The lowest BCUT2D eigenvalue weighted by Crippen LogP contribution is -1.94. The van der Waals surface area contributed by atoms with Gasteiger partial charge in [-0.1, -0.05) is 0 Å². The van der Waals surface area contributed by atoms with Gasteiger partial charge in [-0.15, -0.1) is 7.77 Å². The molecular formula is C6H8F2O5S2. The molecule has 0 rings (SSSR count). The third-order valence-corrected chi connectivity index (χ3v) is 2.12. The summed E-state index contributed by atoms with van der Waals surface area (Å²) in [6.07, 6.45) is 3.39. The highest BCUT2D eigenvalue weighted by molar-refractivity contribution is 7.86. The quantitative estimate of drug-likeness (QED) is 0.518. The third kappa shape index (κ3) is 13.0. The van der Waals surface area contributed by atoms with Crippen LogP contribution in [0.4, 0.5) is 7.77 Å². The van der Waals surface area contributed by atoms with Gasteiger partial charge in [0.15, 0.2) is 0 Å². The Balaban J connectivity index is 3.81. The monoisotopic (exact) mass is 262 g/mol. The smallest absolute Gasteiger partial charge is 0.306 e. The van der Waals surface area contributed by atoms with Crippen molar-refractivity contribution in [1.29, 1.82) is 0 Å². The van der Waals surface area contributed by atoms with Gasteiger partial charge in [0.1, 0.15) is 11.5 Å². The van der Waals surface area contributed by atoms with Crippen LogP contribution in [-0.4, -0.2) is 28.3 Å². The molecule has 0 heterocycles. The summed E-state index contributed by atoms with van der Waals surface area (Å²) in [6.45, 7) is 0. The van der Waals surface area contributed by atoms with Crippen LogP contribution in [0.2, 0.25) is 0 Å². The van der Waals surface area contributed by atoms with E-state index in [-0.39, 0.29) is 0 Å². The molecule has 0 N–H and O–H groups in total. The second-order valence-corrected chi connectivity index (χ2v) is 5.11. The van der Waals surface area contributed by atoms with Crippen LogP contribution in [0.15, 0.2) is 24.7 Å². The van der Waals surface area contributed by atoms with E-state index in [2.05, 4.69) is 4.74 Å². The maximum absolute atomic E-state index is 11.8. The molecule has 5 nitrogen and oxygen atoms in total. The maximum atomic E-state index is 11.8. The van der Waals surface area contributed by atoms with Gasteiger partial charge in [-0.25, -0.2) is 0 Å². The molecule has 9 heteroatoms. The van der Waals surface area contributed by atoms with E-state index < -0.39 is 32.0 Å². The Bertz CT molecular complexity index is 392. The first-order chi connectivity index (χ1) is 6.71. The highest BCUT2D eigenvalue weighted by Crippen LogP contribution is 1.93. The minimum absolute atomic E-state index is 0.832. The summed E-state index contributed by atoms with van der Waals surface area (Å²) in [5, 5.41) is 0. The van der Waals surface area contributed by atoms with Crippen LogP contribution in [0.3, 0.4) is 0 Å². The first-order valence-corrected chi connectivity index (χ1v) is 6.61. The highest BCUT2D eigenvalue weighted by atomic mass is 32.3. The van der Waals surface area contributed by atoms with E-state index in [0.29, 0.717) is 0 Å². The van der Waals surface area contributed by atoms with E-state index in [0.717, 1.165) is 24.7 Å². The molecule has 0 aromatic carbocycles. The van der Waals surface area contributed by atoms with Crippen molar-refractivity contribution in [3.63, 3.8) is 0 Å². The summed E-state index contributed by atoms with van der Waals surface area (Å²) >= 11 is 0. The molecule has 0 aliphatic rings. The van der Waals surface area contributed by atoms with E-state index in [4.69, 9.17) is 0 Å². The zero-order valence-corrected chi connectivity index (χ0v) is 8.97. The third-order valence-electron chi connectivity index (χ3n) is 0.940. The molecule has 0 aliphatic carbocycles. The highest BCUT2D eigenvalue weighted by Gasteiger charge is 2.02. The van der Waals surface area contributed by atoms with Gasteiger partial charge >= 0.3 is 20.4 Å². The zero-order valence-electron chi connectivity index (χ0n) is 7.34. The number of halogens is 2. The van der Waals surface area contributed by atoms with Crippen molar-refractivity contribution in [2.75, 3.05) is 11.5 Å². The Morgan fingerprint density at radius 1 is 0.867 bits per heavy atom. The van der Waals surface area contributed by atoms with Gasteiger partial charge < -0.3 is 4.74 Å². The molecule has 0 amide bonds. The van der Waals surface area contributed by atoms with Crippen LogP contribution in [0, 0.1) is 0 Å². The van der Waals surface area contributed by atoms with Crippen LogP contribution in [0.25, 0.3) is 0 Å². The van der Waals surface area contributed by atoms with E-state index in [1.165, 1.54) is 0 Å². The van der Waals surface area contributed by atoms with Gasteiger partial charge in [-0.05, 0) is 12.2 Å². The van der Waals surface area contributed by atoms with Crippen molar-refractivity contribution in [2.45, 2.75) is 0 Å². The Morgan fingerprint density at radius 3 is 1.47 bits per heavy atom. The summed E-state index contributed by atoms with van der Waals surface area (Å²) in [4.78, 5) is 0. The molecule has 0 fully saturated rings. The van der Waals surface area contributed by atoms with Crippen molar-refractivity contribution in [2.24, 2.45) is 0 Å². The summed E-state index contributed by atoms with van der Waals surface area (Å²) < 4.78 is 67.8. The minimum Gasteiger partial charge on any atom is -0.473 e. The summed E-state index contributed by atoms with van der Waals surface area (Å²) in [5.74, 6) is -1.69. The van der Waals surface area contributed by atoms with E-state index >= 15 is 0 Å². The molecule has 0 aliphatic heterocycles. The van der Waals surface area contributed by atoms with Crippen molar-refractivity contribution in [3.05, 3.63) is 24.7 Å². The lowest BCUT2D eigenvalue weighted by atomic mass is 10.7. The molecule has 0 aromatic rings. The summed E-state index contributed by atoms with van der Waals surface area (Å²) in [7, 11) is -9.17. The lowest BCUT2D eigenvalue weighted by molar-refractivity contribution is 0.401. The molecule has 0 saturated heterocycles. The van der Waals surface area contributed by atoms with Gasteiger partial charge in [0.2, 0.25) is 0 Å². The molecule has 0 spiro atoms. The molecular weight excluding hydrogens is 254 g/mol.